The molecule has 0 aliphatic carbocycles. The van der Waals surface area contributed by atoms with E-state index < -0.39 is 4.92 Å². The molecule has 0 saturated carbocycles. The number of carbonyl (C=O) groups excluding carboxylic acids is 1. The number of ether oxygens (including phenoxy) is 2. The van der Waals surface area contributed by atoms with E-state index in [9.17, 15) is 14.9 Å². The van der Waals surface area contributed by atoms with Gasteiger partial charge in [-0.1, -0.05) is 11.6 Å². The summed E-state index contributed by atoms with van der Waals surface area (Å²) in [6.45, 7) is 0.601. The smallest absolute Gasteiger partial charge is 0.311 e. The van der Waals surface area contributed by atoms with Gasteiger partial charge >= 0.3 is 5.69 Å². The Balaban J connectivity index is 1.98. The van der Waals surface area contributed by atoms with Crippen molar-refractivity contribution in [2.45, 2.75) is 0 Å². The summed E-state index contributed by atoms with van der Waals surface area (Å²) >= 11 is 5.80. The highest BCUT2D eigenvalue weighted by molar-refractivity contribution is 6.30. The number of rotatable bonds is 7. The normalized spacial score (nSPS) is 10.2. The number of nitro groups is 1. The molecule has 132 valence electrons. The molecule has 7 nitrogen and oxygen atoms in total. The van der Waals surface area contributed by atoms with Gasteiger partial charge < -0.3 is 14.4 Å². The van der Waals surface area contributed by atoms with Gasteiger partial charge in [-0.15, -0.1) is 0 Å². The third-order valence-corrected chi connectivity index (χ3v) is 3.73. The van der Waals surface area contributed by atoms with Gasteiger partial charge in [-0.05, 0) is 36.4 Å². The summed E-state index contributed by atoms with van der Waals surface area (Å²) in [7, 11) is 2.94. The lowest BCUT2D eigenvalue weighted by Crippen LogP contribution is -2.30. The zero-order valence-electron chi connectivity index (χ0n) is 13.8. The first-order chi connectivity index (χ1) is 11.9. The fraction of sp³-hybridized carbons (Fsp3) is 0.235. The van der Waals surface area contributed by atoms with Crippen molar-refractivity contribution in [1.29, 1.82) is 0 Å². The number of carbonyl (C=O) groups is 1. The summed E-state index contributed by atoms with van der Waals surface area (Å²) < 4.78 is 10.5. The molecule has 0 fully saturated rings. The largest absolute Gasteiger partial charge is 0.492 e. The van der Waals surface area contributed by atoms with E-state index >= 15 is 0 Å². The van der Waals surface area contributed by atoms with Gasteiger partial charge in [-0.2, -0.15) is 0 Å². The highest BCUT2D eigenvalue weighted by Crippen LogP contribution is 2.27. The van der Waals surface area contributed by atoms with E-state index in [0.29, 0.717) is 17.3 Å². The number of methoxy groups -OCH3 is 1. The number of likely N-dealkylation sites (N-methyl/N-ethyl adjacent to an activating group) is 1. The number of hydrogen-bond donors (Lipinski definition) is 0. The molecular formula is C17H17ClN2O5. The summed E-state index contributed by atoms with van der Waals surface area (Å²) in [5.41, 5.74) is -0.0411. The van der Waals surface area contributed by atoms with Crippen LogP contribution in [0.5, 0.6) is 11.5 Å². The van der Waals surface area contributed by atoms with Gasteiger partial charge in [-0.3, -0.25) is 14.9 Å². The van der Waals surface area contributed by atoms with Crippen LogP contribution < -0.4 is 9.47 Å². The van der Waals surface area contributed by atoms with Crippen LogP contribution in [0.15, 0.2) is 42.5 Å². The molecule has 8 heteroatoms. The van der Waals surface area contributed by atoms with Crippen LogP contribution in [0.1, 0.15) is 10.4 Å². The first-order valence-corrected chi connectivity index (χ1v) is 7.76. The predicted molar refractivity (Wildman–Crippen MR) is 93.6 cm³/mol. The SMILES string of the molecule is COc1ccc(C(=O)N(C)CCOc2ccc(Cl)cc2)cc1[N+](=O)[O-]. The number of nitro benzene ring substituents is 1. The lowest BCUT2D eigenvalue weighted by molar-refractivity contribution is -0.385. The van der Waals surface area contributed by atoms with Gasteiger partial charge in [0.15, 0.2) is 5.75 Å². The molecule has 0 aliphatic rings. The van der Waals surface area contributed by atoms with E-state index in [2.05, 4.69) is 0 Å². The summed E-state index contributed by atoms with van der Waals surface area (Å²) in [6, 6.07) is 11.0. The lowest BCUT2D eigenvalue weighted by Gasteiger charge is -2.17. The van der Waals surface area contributed by atoms with Gasteiger partial charge in [0.1, 0.15) is 12.4 Å². The maximum Gasteiger partial charge on any atom is 0.311 e. The fourth-order valence-electron chi connectivity index (χ4n) is 2.12. The highest BCUT2D eigenvalue weighted by Gasteiger charge is 2.20. The number of nitrogens with zero attached hydrogens (tertiary/aromatic N) is 2. The molecule has 0 aromatic heterocycles. The maximum atomic E-state index is 12.4. The van der Waals surface area contributed by atoms with Crippen molar-refractivity contribution < 1.29 is 19.2 Å². The molecule has 25 heavy (non-hydrogen) atoms. The molecule has 0 bridgehead atoms. The van der Waals surface area contributed by atoms with E-state index in [1.54, 1.807) is 31.3 Å². The van der Waals surface area contributed by atoms with Crippen LogP contribution >= 0.6 is 11.6 Å². The van der Waals surface area contributed by atoms with Crippen molar-refractivity contribution in [2.24, 2.45) is 0 Å². The van der Waals surface area contributed by atoms with Gasteiger partial charge in [0, 0.05) is 23.7 Å². The Morgan fingerprint density at radius 2 is 1.92 bits per heavy atom. The van der Waals surface area contributed by atoms with Gasteiger partial charge in [0.2, 0.25) is 0 Å². The topological polar surface area (TPSA) is 81.9 Å². The number of amides is 1. The Morgan fingerprint density at radius 1 is 1.24 bits per heavy atom. The maximum absolute atomic E-state index is 12.4. The van der Waals surface area contributed by atoms with Gasteiger partial charge in [0.25, 0.3) is 5.91 Å². The summed E-state index contributed by atoms with van der Waals surface area (Å²) in [6.07, 6.45) is 0. The van der Waals surface area contributed by atoms with Crippen molar-refractivity contribution in [1.82, 2.24) is 4.90 Å². The fourth-order valence-corrected chi connectivity index (χ4v) is 2.24. The minimum Gasteiger partial charge on any atom is -0.492 e. The number of hydrogen-bond acceptors (Lipinski definition) is 5. The standard InChI is InChI=1S/C17H17ClN2O5/c1-19(9-10-25-14-6-4-13(18)5-7-14)17(21)12-3-8-16(24-2)15(11-12)20(22)23/h3-8,11H,9-10H2,1-2H3. The quantitative estimate of drug-likeness (QED) is 0.555. The average molecular weight is 365 g/mol. The van der Waals surface area contributed by atoms with E-state index in [-0.39, 0.29) is 29.5 Å². The Morgan fingerprint density at radius 3 is 2.52 bits per heavy atom. The second-order valence-electron chi connectivity index (χ2n) is 5.17. The third-order valence-electron chi connectivity index (χ3n) is 3.48. The molecule has 0 spiro atoms. The van der Waals surface area contributed by atoms with Gasteiger partial charge in [0.05, 0.1) is 18.6 Å². The first-order valence-electron chi connectivity index (χ1n) is 7.38. The summed E-state index contributed by atoms with van der Waals surface area (Å²) in [5.74, 6) is 0.408. The predicted octanol–water partition coefficient (Wildman–Crippen LogP) is 3.41. The zero-order chi connectivity index (χ0) is 18.4. The minimum absolute atomic E-state index is 0.107. The second-order valence-corrected chi connectivity index (χ2v) is 5.61. The van der Waals surface area contributed by atoms with E-state index in [0.717, 1.165) is 0 Å². The summed E-state index contributed by atoms with van der Waals surface area (Å²) in [5, 5.41) is 11.7. The van der Waals surface area contributed by atoms with Gasteiger partial charge in [-0.25, -0.2) is 0 Å². The monoisotopic (exact) mass is 364 g/mol. The molecular weight excluding hydrogens is 348 g/mol. The van der Waals surface area contributed by atoms with E-state index in [1.165, 1.54) is 30.2 Å². The minimum atomic E-state index is -0.584. The molecule has 0 aliphatic heterocycles. The van der Waals surface area contributed by atoms with Crippen LogP contribution in [0.25, 0.3) is 0 Å². The second kappa shape index (κ2) is 8.34. The Kier molecular flexibility index (Phi) is 6.19. The molecule has 2 aromatic rings. The van der Waals surface area contributed by atoms with Crippen molar-refractivity contribution in [3.63, 3.8) is 0 Å². The third kappa shape index (κ3) is 4.84. The summed E-state index contributed by atoms with van der Waals surface area (Å²) in [4.78, 5) is 24.3. The molecule has 0 unspecified atom stereocenters. The van der Waals surface area contributed by atoms with Crippen molar-refractivity contribution in [3.05, 3.63) is 63.2 Å². The van der Waals surface area contributed by atoms with Crippen LogP contribution in [-0.2, 0) is 0 Å². The first kappa shape index (κ1) is 18.5. The van der Waals surface area contributed by atoms with Crippen molar-refractivity contribution >= 4 is 23.2 Å². The van der Waals surface area contributed by atoms with Crippen LogP contribution in [0.4, 0.5) is 5.69 Å². The number of benzene rings is 2. The molecule has 0 N–H and O–H groups in total. The van der Waals surface area contributed by atoms with E-state index in [1.807, 2.05) is 0 Å². The highest BCUT2D eigenvalue weighted by atomic mass is 35.5. The Labute approximate surface area is 149 Å². The lowest BCUT2D eigenvalue weighted by atomic mass is 10.1. The van der Waals surface area contributed by atoms with Crippen LogP contribution in [-0.4, -0.2) is 43.0 Å². The molecule has 0 heterocycles. The van der Waals surface area contributed by atoms with E-state index in [4.69, 9.17) is 21.1 Å². The molecule has 2 rings (SSSR count). The zero-order valence-corrected chi connectivity index (χ0v) is 14.5. The molecule has 0 atom stereocenters. The average Bonchev–Trinajstić information content (AvgIpc) is 2.62. The van der Waals surface area contributed by atoms with Crippen LogP contribution in [0, 0.1) is 10.1 Å². The van der Waals surface area contributed by atoms with Crippen molar-refractivity contribution in [2.75, 3.05) is 27.3 Å². The number of halogens is 1. The molecule has 0 radical (unpaired) electrons. The molecule has 1 amide bonds. The molecule has 0 saturated heterocycles. The molecule has 2 aromatic carbocycles. The Bertz CT molecular complexity index is 764. The van der Waals surface area contributed by atoms with Crippen LogP contribution in [0.2, 0.25) is 5.02 Å². The van der Waals surface area contributed by atoms with Crippen LogP contribution in [0.3, 0.4) is 0 Å². The Hall–Kier alpha value is -2.80. The van der Waals surface area contributed by atoms with Crippen molar-refractivity contribution in [3.8, 4) is 11.5 Å².